The van der Waals surface area contributed by atoms with E-state index in [0.717, 1.165) is 16.6 Å². The predicted molar refractivity (Wildman–Crippen MR) is 144 cm³/mol. The summed E-state index contributed by atoms with van der Waals surface area (Å²) in [6.07, 6.45) is 1.81. The van der Waals surface area contributed by atoms with Crippen LogP contribution in [0.3, 0.4) is 0 Å². The molecule has 2 aromatic carbocycles. The quantitative estimate of drug-likeness (QED) is 0.296. The number of halogens is 2. The van der Waals surface area contributed by atoms with E-state index in [1.807, 2.05) is 13.8 Å². The molecule has 2 amide bonds. The molecular formula is C24H30Cl2N4O6S. The number of amides is 2. The molecule has 2 aromatic rings. The van der Waals surface area contributed by atoms with Crippen LogP contribution in [0.4, 0.5) is 11.4 Å². The summed E-state index contributed by atoms with van der Waals surface area (Å²) in [5, 5.41) is 14.8. The highest BCUT2D eigenvalue weighted by Gasteiger charge is 2.32. The Bertz CT molecular complexity index is 1260. The summed E-state index contributed by atoms with van der Waals surface area (Å²) in [6.45, 7) is 4.71. The Balaban J connectivity index is 2.51. The van der Waals surface area contributed by atoms with Crippen molar-refractivity contribution in [2.75, 3.05) is 17.1 Å². The number of nitro groups is 1. The average molecular weight is 573 g/mol. The molecule has 13 heteroatoms. The highest BCUT2D eigenvalue weighted by atomic mass is 35.5. The van der Waals surface area contributed by atoms with Gasteiger partial charge >= 0.3 is 0 Å². The van der Waals surface area contributed by atoms with Gasteiger partial charge in [0.05, 0.1) is 16.9 Å². The molecular weight excluding hydrogens is 543 g/mol. The second kappa shape index (κ2) is 13.1. The number of nitrogens with zero attached hydrogens (tertiary/aromatic N) is 3. The van der Waals surface area contributed by atoms with Crippen LogP contribution in [0.25, 0.3) is 0 Å². The number of carbonyl (C=O) groups is 2. The van der Waals surface area contributed by atoms with E-state index >= 15 is 0 Å². The van der Waals surface area contributed by atoms with E-state index in [1.54, 1.807) is 19.1 Å². The van der Waals surface area contributed by atoms with E-state index in [9.17, 15) is 28.1 Å². The normalized spacial score (nSPS) is 12.9. The first-order chi connectivity index (χ1) is 17.3. The van der Waals surface area contributed by atoms with Crippen LogP contribution < -0.4 is 9.62 Å². The van der Waals surface area contributed by atoms with Gasteiger partial charge in [0.25, 0.3) is 5.69 Å². The Labute approximate surface area is 226 Å². The third-order valence-corrected chi connectivity index (χ3v) is 7.48. The minimum absolute atomic E-state index is 0.0494. The van der Waals surface area contributed by atoms with Crippen LogP contribution >= 0.6 is 23.2 Å². The molecule has 2 atom stereocenters. The summed E-state index contributed by atoms with van der Waals surface area (Å²) >= 11 is 12.3. The first-order valence-electron chi connectivity index (χ1n) is 11.5. The maximum Gasteiger partial charge on any atom is 0.271 e. The highest BCUT2D eigenvalue weighted by molar-refractivity contribution is 7.92. The maximum atomic E-state index is 13.7. The largest absolute Gasteiger partial charge is 0.352 e. The van der Waals surface area contributed by atoms with Crippen LogP contribution in [0.5, 0.6) is 0 Å². The Morgan fingerprint density at radius 2 is 1.78 bits per heavy atom. The van der Waals surface area contributed by atoms with Gasteiger partial charge in [0, 0.05) is 34.8 Å². The SMILES string of the molecule is CCC(C)NC(=O)C(CC)N(Cc1ccc(Cl)cc1Cl)C(=O)CN(c1cccc([N+](=O)[O-])c1)S(C)(=O)=O. The number of benzene rings is 2. The zero-order valence-electron chi connectivity index (χ0n) is 21.0. The lowest BCUT2D eigenvalue weighted by atomic mass is 10.1. The topological polar surface area (TPSA) is 130 Å². The summed E-state index contributed by atoms with van der Waals surface area (Å²) < 4.78 is 26.1. The van der Waals surface area contributed by atoms with Gasteiger partial charge in [-0.05, 0) is 43.5 Å². The second-order valence-electron chi connectivity index (χ2n) is 8.55. The molecule has 202 valence electrons. The van der Waals surface area contributed by atoms with Crippen LogP contribution in [0, 0.1) is 10.1 Å². The Morgan fingerprint density at radius 1 is 1.11 bits per heavy atom. The summed E-state index contributed by atoms with van der Waals surface area (Å²) in [7, 11) is -4.03. The van der Waals surface area contributed by atoms with Gasteiger partial charge in [-0.15, -0.1) is 0 Å². The molecule has 0 spiro atoms. The van der Waals surface area contributed by atoms with Crippen molar-refractivity contribution in [2.24, 2.45) is 0 Å². The molecule has 1 N–H and O–H groups in total. The zero-order valence-corrected chi connectivity index (χ0v) is 23.3. The number of nitrogens with one attached hydrogen (secondary N) is 1. The van der Waals surface area contributed by atoms with Crippen molar-refractivity contribution < 1.29 is 22.9 Å². The van der Waals surface area contributed by atoms with Gasteiger partial charge in [-0.25, -0.2) is 8.42 Å². The minimum Gasteiger partial charge on any atom is -0.352 e. The third kappa shape index (κ3) is 8.31. The molecule has 2 rings (SSSR count). The van der Waals surface area contributed by atoms with Crippen LogP contribution in [0.15, 0.2) is 42.5 Å². The predicted octanol–water partition coefficient (Wildman–Crippen LogP) is 4.39. The summed E-state index contributed by atoms with van der Waals surface area (Å²) in [4.78, 5) is 38.6. The summed E-state index contributed by atoms with van der Waals surface area (Å²) in [6, 6.07) is 8.62. The van der Waals surface area contributed by atoms with Crippen LogP contribution in [-0.4, -0.2) is 54.9 Å². The van der Waals surface area contributed by atoms with Gasteiger partial charge in [-0.2, -0.15) is 0 Å². The standard InChI is InChI=1S/C24H30Cl2N4O6S/c1-5-16(3)27-24(32)22(6-2)28(14-17-10-11-18(25)12-21(17)26)23(31)15-29(37(4,35)36)19-8-7-9-20(13-19)30(33)34/h7-13,16,22H,5-6,14-15H2,1-4H3,(H,27,32). The number of hydrogen-bond acceptors (Lipinski definition) is 6. The van der Waals surface area contributed by atoms with Crippen molar-refractivity contribution in [3.63, 3.8) is 0 Å². The molecule has 10 nitrogen and oxygen atoms in total. The Morgan fingerprint density at radius 3 is 2.32 bits per heavy atom. The van der Waals surface area contributed by atoms with Gasteiger partial charge in [0.15, 0.2) is 0 Å². The molecule has 0 aliphatic heterocycles. The van der Waals surface area contributed by atoms with Crippen molar-refractivity contribution in [3.05, 3.63) is 68.2 Å². The number of non-ortho nitro benzene ring substituents is 1. The zero-order chi connectivity index (χ0) is 27.9. The van der Waals surface area contributed by atoms with Gasteiger partial charge in [-0.3, -0.25) is 24.0 Å². The smallest absolute Gasteiger partial charge is 0.271 e. The molecule has 0 aromatic heterocycles. The van der Waals surface area contributed by atoms with Crippen molar-refractivity contribution in [1.29, 1.82) is 0 Å². The van der Waals surface area contributed by atoms with Gasteiger partial charge < -0.3 is 10.2 Å². The van der Waals surface area contributed by atoms with Gasteiger partial charge in [-0.1, -0.05) is 49.2 Å². The third-order valence-electron chi connectivity index (χ3n) is 5.75. The molecule has 0 heterocycles. The Kier molecular flexibility index (Phi) is 10.7. The lowest BCUT2D eigenvalue weighted by molar-refractivity contribution is -0.384. The minimum atomic E-state index is -4.03. The molecule has 37 heavy (non-hydrogen) atoms. The van der Waals surface area contributed by atoms with Crippen LogP contribution in [-0.2, 0) is 26.2 Å². The van der Waals surface area contributed by atoms with Crippen LogP contribution in [0.2, 0.25) is 10.0 Å². The first-order valence-corrected chi connectivity index (χ1v) is 14.1. The van der Waals surface area contributed by atoms with Gasteiger partial charge in [0.2, 0.25) is 21.8 Å². The fraction of sp³-hybridized carbons (Fsp3) is 0.417. The molecule has 0 saturated heterocycles. The fourth-order valence-electron chi connectivity index (χ4n) is 3.57. The average Bonchev–Trinajstić information content (AvgIpc) is 2.82. The van der Waals surface area contributed by atoms with E-state index in [1.165, 1.54) is 29.2 Å². The van der Waals surface area contributed by atoms with Crippen molar-refractivity contribution in [2.45, 2.75) is 52.2 Å². The molecule has 0 aliphatic rings. The van der Waals surface area contributed by atoms with E-state index in [-0.39, 0.29) is 35.4 Å². The molecule has 0 aliphatic carbocycles. The molecule has 0 fully saturated rings. The summed E-state index contributed by atoms with van der Waals surface area (Å²) in [5.41, 5.74) is 0.129. The number of carbonyl (C=O) groups excluding carboxylic acids is 2. The monoisotopic (exact) mass is 572 g/mol. The Hall–Kier alpha value is -2.89. The molecule has 2 unspecified atom stereocenters. The highest BCUT2D eigenvalue weighted by Crippen LogP contribution is 2.26. The number of rotatable bonds is 12. The number of anilines is 1. The van der Waals surface area contributed by atoms with Crippen molar-refractivity contribution >= 4 is 56.4 Å². The second-order valence-corrected chi connectivity index (χ2v) is 11.3. The lowest BCUT2D eigenvalue weighted by Gasteiger charge is -2.33. The van der Waals surface area contributed by atoms with E-state index in [2.05, 4.69) is 5.32 Å². The van der Waals surface area contributed by atoms with E-state index in [4.69, 9.17) is 23.2 Å². The fourth-order valence-corrected chi connectivity index (χ4v) is 4.88. The van der Waals surface area contributed by atoms with Crippen molar-refractivity contribution in [3.8, 4) is 0 Å². The van der Waals surface area contributed by atoms with E-state index < -0.39 is 39.3 Å². The maximum absolute atomic E-state index is 13.7. The number of sulfonamides is 1. The molecule has 0 saturated carbocycles. The molecule has 0 bridgehead atoms. The number of hydrogen-bond donors (Lipinski definition) is 1. The molecule has 0 radical (unpaired) electrons. The summed E-state index contributed by atoms with van der Waals surface area (Å²) in [5.74, 6) is -1.08. The van der Waals surface area contributed by atoms with Crippen LogP contribution in [0.1, 0.15) is 39.2 Å². The lowest BCUT2D eigenvalue weighted by Crippen LogP contribution is -2.53. The van der Waals surface area contributed by atoms with Gasteiger partial charge in [0.1, 0.15) is 12.6 Å². The number of nitro benzene ring substituents is 1. The van der Waals surface area contributed by atoms with Crippen molar-refractivity contribution in [1.82, 2.24) is 10.2 Å². The first kappa shape index (κ1) is 30.3. The van der Waals surface area contributed by atoms with E-state index in [0.29, 0.717) is 17.0 Å².